The van der Waals surface area contributed by atoms with Crippen LogP contribution in [0.1, 0.15) is 0 Å². The molecule has 168 valence electrons. The quantitative estimate of drug-likeness (QED) is 0.312. The molecule has 4 heteroatoms. The zero-order valence-electron chi connectivity index (χ0n) is 19.5. The lowest BCUT2D eigenvalue weighted by Gasteiger charge is -2.60. The topological polar surface area (TPSA) is 18.5 Å². The van der Waals surface area contributed by atoms with E-state index in [1.54, 1.807) is 14.2 Å². The van der Waals surface area contributed by atoms with Crippen LogP contribution in [0.3, 0.4) is 0 Å². The summed E-state index contributed by atoms with van der Waals surface area (Å²) in [6.07, 6.45) is 3.96. The highest BCUT2D eigenvalue weighted by Gasteiger charge is 2.73. The summed E-state index contributed by atoms with van der Waals surface area (Å²) < 4.78 is 11.6. The predicted octanol–water partition coefficient (Wildman–Crippen LogP) is 3.74. The number of hydrogen-bond acceptors (Lipinski definition) is 2. The van der Waals surface area contributed by atoms with E-state index in [9.17, 15) is 0 Å². The number of ether oxygens (including phenoxy) is 2. The van der Waals surface area contributed by atoms with E-state index < -0.39 is 15.2 Å². The van der Waals surface area contributed by atoms with Crippen molar-refractivity contribution in [2.75, 3.05) is 14.2 Å². The molecule has 5 rings (SSSR count). The predicted molar refractivity (Wildman–Crippen MR) is 146 cm³/mol. The maximum atomic E-state index is 5.78. The van der Waals surface area contributed by atoms with Gasteiger partial charge >= 0.3 is 0 Å². The molecule has 0 radical (unpaired) electrons. The number of hydrogen-bond donors (Lipinski definition) is 0. The van der Waals surface area contributed by atoms with E-state index >= 15 is 0 Å². The summed E-state index contributed by atoms with van der Waals surface area (Å²) >= 11 is 0. The average molecular weight is 477 g/mol. The average Bonchev–Trinajstić information content (AvgIpc) is 2.91. The Morgan fingerprint density at radius 2 is 0.647 bits per heavy atom. The standard InChI is InChI=1S/C30H28O2Si2/c1-31-23-29-30(24-32-2)34(27-19-11-5-12-20-27,28-21-13-6-14-22-28)33(29,25-15-7-3-8-16-25)26-17-9-4-10-18-26/h3-24H,1-2H3. The first kappa shape index (κ1) is 22.2. The third-order valence-corrected chi connectivity index (χ3v) is 24.0. The molecule has 0 saturated carbocycles. The van der Waals surface area contributed by atoms with Crippen molar-refractivity contribution in [2.24, 2.45) is 0 Å². The van der Waals surface area contributed by atoms with Crippen LogP contribution in [0.4, 0.5) is 0 Å². The molecule has 0 aliphatic carbocycles. The summed E-state index contributed by atoms with van der Waals surface area (Å²) in [7, 11) is -1.66. The number of rotatable bonds is 6. The summed E-state index contributed by atoms with van der Waals surface area (Å²) in [4.78, 5) is 0. The van der Waals surface area contributed by atoms with Crippen LogP contribution in [0.5, 0.6) is 0 Å². The van der Waals surface area contributed by atoms with Gasteiger partial charge in [0, 0.05) is 0 Å². The smallest absolute Gasteiger partial charge is 0.158 e. The van der Waals surface area contributed by atoms with Crippen LogP contribution >= 0.6 is 0 Å². The SMILES string of the molecule is COC=C1C(=COC)[Si](c2ccccc2)(c2ccccc2)[Si]1(c1ccccc1)c1ccccc1. The molecule has 1 saturated heterocycles. The summed E-state index contributed by atoms with van der Waals surface area (Å²) in [5.74, 6) is 0. The highest BCUT2D eigenvalue weighted by molar-refractivity contribution is 7.69. The van der Waals surface area contributed by atoms with Crippen molar-refractivity contribution in [3.8, 4) is 0 Å². The maximum Gasteiger partial charge on any atom is 0.158 e. The molecule has 0 spiro atoms. The molecule has 0 unspecified atom stereocenters. The van der Waals surface area contributed by atoms with E-state index in [-0.39, 0.29) is 0 Å². The fourth-order valence-corrected chi connectivity index (χ4v) is 25.6. The molecule has 4 aromatic carbocycles. The first-order valence-electron chi connectivity index (χ1n) is 11.5. The highest BCUT2D eigenvalue weighted by Crippen LogP contribution is 2.47. The molecule has 34 heavy (non-hydrogen) atoms. The molecule has 0 aromatic heterocycles. The minimum absolute atomic E-state index is 1.29. The Labute approximate surface area is 203 Å². The van der Waals surface area contributed by atoms with Gasteiger partial charge in [-0.05, 0) is 10.4 Å². The van der Waals surface area contributed by atoms with E-state index in [0.717, 1.165) is 0 Å². The fourth-order valence-electron chi connectivity index (χ4n) is 5.86. The van der Waals surface area contributed by atoms with E-state index in [1.807, 2.05) is 12.5 Å². The van der Waals surface area contributed by atoms with Crippen LogP contribution < -0.4 is 20.7 Å². The van der Waals surface area contributed by atoms with Crippen molar-refractivity contribution in [3.05, 3.63) is 144 Å². The molecule has 1 fully saturated rings. The van der Waals surface area contributed by atoms with E-state index in [1.165, 1.54) is 31.1 Å². The molecule has 0 N–H and O–H groups in total. The van der Waals surface area contributed by atoms with Crippen molar-refractivity contribution < 1.29 is 9.47 Å². The van der Waals surface area contributed by atoms with Gasteiger partial charge in [-0.15, -0.1) is 0 Å². The van der Waals surface area contributed by atoms with Gasteiger partial charge in [-0.1, -0.05) is 142 Å². The molecule has 1 aliphatic heterocycles. The normalized spacial score (nSPS) is 18.3. The van der Waals surface area contributed by atoms with E-state index in [4.69, 9.17) is 9.47 Å². The Balaban J connectivity index is 2.02. The van der Waals surface area contributed by atoms with Gasteiger partial charge in [-0.25, -0.2) is 0 Å². The Bertz CT molecular complexity index is 1120. The molecule has 0 bridgehead atoms. The monoisotopic (exact) mass is 476 g/mol. The highest BCUT2D eigenvalue weighted by atomic mass is 29.3. The molecule has 1 aliphatic rings. The number of allylic oxidation sites excluding steroid dienone is 2. The van der Waals surface area contributed by atoms with Gasteiger partial charge in [0.15, 0.2) is 15.2 Å². The van der Waals surface area contributed by atoms with Crippen molar-refractivity contribution in [3.63, 3.8) is 0 Å². The molecule has 2 nitrogen and oxygen atoms in total. The van der Waals surface area contributed by atoms with Gasteiger partial charge < -0.3 is 9.47 Å². The summed E-state index contributed by atoms with van der Waals surface area (Å²) in [6, 6.07) is 44.4. The molecular formula is C30H28O2Si2. The van der Waals surface area contributed by atoms with E-state index in [0.29, 0.717) is 0 Å². The largest absolute Gasteiger partial charge is 0.504 e. The van der Waals surface area contributed by atoms with Gasteiger partial charge in [-0.3, -0.25) is 0 Å². The van der Waals surface area contributed by atoms with Crippen LogP contribution in [-0.2, 0) is 9.47 Å². The third-order valence-electron chi connectivity index (χ3n) is 6.96. The second-order valence-corrected chi connectivity index (χ2v) is 19.4. The molecule has 0 atom stereocenters. The van der Waals surface area contributed by atoms with Crippen molar-refractivity contribution in [1.29, 1.82) is 0 Å². The minimum atomic E-state index is -2.58. The number of benzene rings is 4. The first-order valence-corrected chi connectivity index (χ1v) is 16.5. The van der Waals surface area contributed by atoms with Crippen LogP contribution in [0, 0.1) is 0 Å². The Morgan fingerprint density at radius 1 is 0.412 bits per heavy atom. The molecule has 4 aromatic rings. The lowest BCUT2D eigenvalue weighted by Crippen LogP contribution is -2.94. The number of methoxy groups -OCH3 is 2. The van der Waals surface area contributed by atoms with E-state index in [2.05, 4.69) is 121 Å². The first-order chi connectivity index (χ1) is 16.8. The zero-order chi connectivity index (χ0) is 23.4. The molecule has 0 amide bonds. The van der Waals surface area contributed by atoms with Crippen LogP contribution in [0.15, 0.2) is 144 Å². The molecular weight excluding hydrogens is 449 g/mol. The van der Waals surface area contributed by atoms with Gasteiger partial charge in [-0.2, -0.15) is 0 Å². The van der Waals surface area contributed by atoms with Gasteiger partial charge in [0.25, 0.3) is 0 Å². The fraction of sp³-hybridized carbons (Fsp3) is 0.0667. The molecule has 1 heterocycles. The van der Waals surface area contributed by atoms with Gasteiger partial charge in [0.2, 0.25) is 0 Å². The third kappa shape index (κ3) is 3.06. The summed E-state index contributed by atoms with van der Waals surface area (Å²) in [5, 5.41) is 8.17. The summed E-state index contributed by atoms with van der Waals surface area (Å²) in [5.41, 5.74) is 0. The van der Waals surface area contributed by atoms with Crippen LogP contribution in [0.25, 0.3) is 0 Å². The Kier molecular flexibility index (Phi) is 6.09. The Hall–Kier alpha value is -3.61. The Morgan fingerprint density at radius 3 is 0.853 bits per heavy atom. The van der Waals surface area contributed by atoms with Gasteiger partial charge in [0.05, 0.1) is 26.7 Å². The lowest BCUT2D eigenvalue weighted by atomic mass is 10.4. The van der Waals surface area contributed by atoms with Crippen molar-refractivity contribution >= 4 is 35.9 Å². The van der Waals surface area contributed by atoms with Crippen LogP contribution in [-0.4, -0.2) is 29.4 Å². The zero-order valence-corrected chi connectivity index (χ0v) is 21.5. The minimum Gasteiger partial charge on any atom is -0.504 e. The second kappa shape index (κ2) is 9.33. The van der Waals surface area contributed by atoms with Gasteiger partial charge in [0.1, 0.15) is 0 Å². The lowest BCUT2D eigenvalue weighted by molar-refractivity contribution is 0.330. The van der Waals surface area contributed by atoms with Crippen LogP contribution in [0.2, 0.25) is 0 Å². The summed E-state index contributed by atoms with van der Waals surface area (Å²) in [6.45, 7) is 0. The maximum absolute atomic E-state index is 5.78. The van der Waals surface area contributed by atoms with Crippen molar-refractivity contribution in [2.45, 2.75) is 0 Å². The second-order valence-electron chi connectivity index (χ2n) is 8.50. The van der Waals surface area contributed by atoms with Crippen molar-refractivity contribution in [1.82, 2.24) is 0 Å².